The minimum atomic E-state index is -0.650. The first-order valence-electron chi connectivity index (χ1n) is 6.19. The molecule has 2 rings (SSSR count). The Balaban J connectivity index is 2.31. The van der Waals surface area contributed by atoms with Crippen molar-refractivity contribution in [1.29, 1.82) is 0 Å². The normalized spacial score (nSPS) is 19.0. The van der Waals surface area contributed by atoms with Gasteiger partial charge in [0.25, 0.3) is 5.91 Å². The maximum Gasteiger partial charge on any atom is 0.350 e. The predicted octanol–water partition coefficient (Wildman–Crippen LogP) is 0.332. The van der Waals surface area contributed by atoms with Crippen LogP contribution in [0, 0.1) is 0 Å². The van der Waals surface area contributed by atoms with Crippen LogP contribution in [0.2, 0.25) is 0 Å². The summed E-state index contributed by atoms with van der Waals surface area (Å²) in [5, 5.41) is 3.79. The molecule has 7 nitrogen and oxygen atoms in total. The molecule has 1 aromatic heterocycles. The second-order valence-corrected chi connectivity index (χ2v) is 5.82. The van der Waals surface area contributed by atoms with Crippen molar-refractivity contribution < 1.29 is 14.3 Å². The van der Waals surface area contributed by atoms with Gasteiger partial charge in [0.2, 0.25) is 0 Å². The van der Waals surface area contributed by atoms with Crippen molar-refractivity contribution in [3.8, 4) is 0 Å². The van der Waals surface area contributed by atoms with E-state index in [0.29, 0.717) is 5.00 Å². The third-order valence-corrected chi connectivity index (χ3v) is 4.41. The third-order valence-electron chi connectivity index (χ3n) is 3.29. The van der Waals surface area contributed by atoms with Crippen LogP contribution in [-0.4, -0.2) is 50.1 Å². The highest BCUT2D eigenvalue weighted by Gasteiger charge is 2.27. The quantitative estimate of drug-likeness (QED) is 0.691. The Kier molecular flexibility index (Phi) is 4.15. The van der Waals surface area contributed by atoms with Crippen LogP contribution < -0.4 is 16.8 Å². The monoisotopic (exact) mass is 298 g/mol. The Morgan fingerprint density at radius 3 is 2.70 bits per heavy atom. The Hall–Kier alpha value is -1.80. The second kappa shape index (κ2) is 5.68. The van der Waals surface area contributed by atoms with E-state index in [1.807, 2.05) is 7.05 Å². The first-order valence-corrected chi connectivity index (χ1v) is 7.01. The van der Waals surface area contributed by atoms with Gasteiger partial charge >= 0.3 is 5.97 Å². The van der Waals surface area contributed by atoms with Gasteiger partial charge in [-0.15, -0.1) is 11.3 Å². The highest BCUT2D eigenvalue weighted by molar-refractivity contribution is 7.19. The molecule has 1 atom stereocenters. The molecular formula is C12H18N4O3S. The lowest BCUT2D eigenvalue weighted by Gasteiger charge is -2.13. The van der Waals surface area contributed by atoms with Gasteiger partial charge in [0.05, 0.1) is 18.4 Å². The van der Waals surface area contributed by atoms with Gasteiger partial charge in [-0.3, -0.25) is 4.79 Å². The molecule has 0 radical (unpaired) electrons. The van der Waals surface area contributed by atoms with E-state index in [0.717, 1.165) is 30.8 Å². The summed E-state index contributed by atoms with van der Waals surface area (Å²) in [5.74, 6) is -1.21. The van der Waals surface area contributed by atoms with Crippen LogP contribution >= 0.6 is 11.3 Å². The van der Waals surface area contributed by atoms with Gasteiger partial charge in [-0.2, -0.15) is 0 Å². The topological polar surface area (TPSA) is 111 Å². The molecule has 1 amide bonds. The average molecular weight is 298 g/mol. The number of anilines is 2. The molecule has 1 fully saturated rings. The largest absolute Gasteiger partial charge is 0.465 e. The van der Waals surface area contributed by atoms with Crippen molar-refractivity contribution in [3.05, 3.63) is 10.4 Å². The van der Waals surface area contributed by atoms with Crippen LogP contribution in [0.15, 0.2) is 0 Å². The molecule has 1 aromatic rings. The molecule has 5 N–H and O–H groups in total. The molecule has 1 saturated heterocycles. The van der Waals surface area contributed by atoms with Crippen LogP contribution in [0.3, 0.4) is 0 Å². The zero-order valence-corrected chi connectivity index (χ0v) is 12.3. The lowest BCUT2D eigenvalue weighted by molar-refractivity contribution is 0.0607. The van der Waals surface area contributed by atoms with Gasteiger partial charge in [-0.25, -0.2) is 4.79 Å². The number of hydrogen-bond acceptors (Lipinski definition) is 7. The number of likely N-dealkylation sites (tertiary alicyclic amines) is 1. The number of esters is 1. The number of methoxy groups -OCH3 is 1. The number of rotatable bonds is 4. The number of nitrogens with zero attached hydrogens (tertiary/aromatic N) is 1. The highest BCUT2D eigenvalue weighted by atomic mass is 32.1. The summed E-state index contributed by atoms with van der Waals surface area (Å²) in [6, 6.07) is 0.210. The molecule has 20 heavy (non-hydrogen) atoms. The molecule has 0 aromatic carbocycles. The van der Waals surface area contributed by atoms with Crippen LogP contribution in [-0.2, 0) is 4.74 Å². The summed E-state index contributed by atoms with van der Waals surface area (Å²) in [5.41, 5.74) is 11.5. The van der Waals surface area contributed by atoms with E-state index in [2.05, 4.69) is 15.0 Å². The number of primary amides is 1. The minimum absolute atomic E-state index is 0.0863. The van der Waals surface area contributed by atoms with Crippen molar-refractivity contribution in [1.82, 2.24) is 4.90 Å². The standard InChI is InChI=1S/C12H18N4O3S/c1-16-4-3-6(5-16)15-11-7(10(14)17)8(13)9(20-11)12(18)19-2/h6,15H,3-5,13H2,1-2H3,(H2,14,17). The summed E-state index contributed by atoms with van der Waals surface area (Å²) in [4.78, 5) is 25.6. The third kappa shape index (κ3) is 2.70. The molecule has 2 heterocycles. The lowest BCUT2D eigenvalue weighted by atomic mass is 10.2. The van der Waals surface area contributed by atoms with E-state index in [9.17, 15) is 9.59 Å². The molecule has 0 saturated carbocycles. The number of hydrogen-bond donors (Lipinski definition) is 3. The number of likely N-dealkylation sites (N-methyl/N-ethyl adjacent to an activating group) is 1. The van der Waals surface area contributed by atoms with Crippen molar-refractivity contribution >= 4 is 33.9 Å². The maximum absolute atomic E-state index is 11.6. The Bertz CT molecular complexity index is 543. The molecule has 1 unspecified atom stereocenters. The van der Waals surface area contributed by atoms with Crippen LogP contribution in [0.4, 0.5) is 10.7 Å². The lowest BCUT2D eigenvalue weighted by Crippen LogP contribution is -2.24. The first kappa shape index (κ1) is 14.6. The fourth-order valence-electron chi connectivity index (χ4n) is 2.27. The van der Waals surface area contributed by atoms with E-state index in [-0.39, 0.29) is 22.2 Å². The summed E-state index contributed by atoms with van der Waals surface area (Å²) in [6.07, 6.45) is 0.958. The predicted molar refractivity (Wildman–Crippen MR) is 78.1 cm³/mol. The Morgan fingerprint density at radius 2 is 2.20 bits per heavy atom. The summed E-state index contributed by atoms with van der Waals surface area (Å²) in [6.45, 7) is 1.85. The number of amides is 1. The molecule has 110 valence electrons. The molecule has 0 aliphatic carbocycles. The number of nitrogens with one attached hydrogen (secondary N) is 1. The van der Waals surface area contributed by atoms with Crippen LogP contribution in [0.25, 0.3) is 0 Å². The zero-order valence-electron chi connectivity index (χ0n) is 11.4. The number of nitrogens with two attached hydrogens (primary N) is 2. The summed E-state index contributed by atoms with van der Waals surface area (Å²) in [7, 11) is 3.30. The van der Waals surface area contributed by atoms with Gasteiger partial charge in [0.15, 0.2) is 0 Å². The van der Waals surface area contributed by atoms with Gasteiger partial charge < -0.3 is 26.4 Å². The van der Waals surface area contributed by atoms with Gasteiger partial charge in [0, 0.05) is 12.6 Å². The van der Waals surface area contributed by atoms with E-state index in [1.54, 1.807) is 0 Å². The fraction of sp³-hybridized carbons (Fsp3) is 0.500. The second-order valence-electron chi connectivity index (χ2n) is 4.80. The zero-order chi connectivity index (χ0) is 14.9. The number of nitrogen functional groups attached to an aromatic ring is 1. The maximum atomic E-state index is 11.6. The summed E-state index contributed by atoms with van der Waals surface area (Å²) >= 11 is 1.11. The Morgan fingerprint density at radius 1 is 1.50 bits per heavy atom. The molecule has 1 aliphatic heterocycles. The van der Waals surface area contributed by atoms with Crippen molar-refractivity contribution in [3.63, 3.8) is 0 Å². The first-order chi connectivity index (χ1) is 9.43. The highest BCUT2D eigenvalue weighted by Crippen LogP contribution is 2.36. The smallest absolute Gasteiger partial charge is 0.350 e. The molecular weight excluding hydrogens is 280 g/mol. The average Bonchev–Trinajstić information content (AvgIpc) is 2.93. The number of carbonyl (C=O) groups excluding carboxylic acids is 2. The van der Waals surface area contributed by atoms with Gasteiger partial charge in [-0.1, -0.05) is 0 Å². The molecule has 0 spiro atoms. The number of ether oxygens (including phenoxy) is 1. The Labute approximate surface area is 120 Å². The van der Waals surface area contributed by atoms with Crippen molar-refractivity contribution in [2.75, 3.05) is 38.3 Å². The van der Waals surface area contributed by atoms with Crippen LogP contribution in [0.1, 0.15) is 26.5 Å². The van der Waals surface area contributed by atoms with Crippen molar-refractivity contribution in [2.24, 2.45) is 5.73 Å². The molecule has 1 aliphatic rings. The van der Waals surface area contributed by atoms with Crippen molar-refractivity contribution in [2.45, 2.75) is 12.5 Å². The van der Waals surface area contributed by atoms with E-state index >= 15 is 0 Å². The summed E-state index contributed by atoms with van der Waals surface area (Å²) < 4.78 is 4.66. The SMILES string of the molecule is COC(=O)c1sc(NC2CCN(C)C2)c(C(N)=O)c1N. The molecule has 0 bridgehead atoms. The van der Waals surface area contributed by atoms with Gasteiger partial charge in [-0.05, 0) is 20.0 Å². The minimum Gasteiger partial charge on any atom is -0.465 e. The fourth-order valence-corrected chi connectivity index (χ4v) is 3.39. The van der Waals surface area contributed by atoms with E-state index in [1.165, 1.54) is 7.11 Å². The number of carbonyl (C=O) groups is 2. The number of thiophene rings is 1. The van der Waals surface area contributed by atoms with E-state index < -0.39 is 11.9 Å². The van der Waals surface area contributed by atoms with E-state index in [4.69, 9.17) is 11.5 Å². The van der Waals surface area contributed by atoms with Gasteiger partial charge in [0.1, 0.15) is 9.88 Å². The molecule has 8 heteroatoms. The van der Waals surface area contributed by atoms with Crippen LogP contribution in [0.5, 0.6) is 0 Å².